The Hall–Kier alpha value is -4.96. The molecule has 7 heteroatoms. The number of anilines is 1. The van der Waals surface area contributed by atoms with Gasteiger partial charge in [0.15, 0.2) is 0 Å². The molecule has 0 spiro atoms. The third kappa shape index (κ3) is 6.53. The van der Waals surface area contributed by atoms with Crippen LogP contribution in [-0.4, -0.2) is 28.5 Å². The molecule has 3 amide bonds. The van der Waals surface area contributed by atoms with Gasteiger partial charge in [0.1, 0.15) is 0 Å². The highest BCUT2D eigenvalue weighted by Crippen LogP contribution is 2.26. The Morgan fingerprint density at radius 3 is 2.40 bits per heavy atom. The van der Waals surface area contributed by atoms with Crippen LogP contribution in [0.4, 0.5) is 10.5 Å². The van der Waals surface area contributed by atoms with Crippen molar-refractivity contribution in [2.45, 2.75) is 6.42 Å². The van der Waals surface area contributed by atoms with Gasteiger partial charge < -0.3 is 16.4 Å². The van der Waals surface area contributed by atoms with E-state index in [4.69, 9.17) is 5.73 Å². The number of benzene rings is 2. The van der Waals surface area contributed by atoms with Crippen LogP contribution in [-0.2, 0) is 6.42 Å². The number of rotatable bonds is 6. The number of pyridine rings is 2. The first kappa shape index (κ1) is 23.2. The quantitative estimate of drug-likeness (QED) is 0.377. The van der Waals surface area contributed by atoms with Crippen LogP contribution < -0.4 is 16.4 Å². The van der Waals surface area contributed by atoms with Crippen molar-refractivity contribution >= 4 is 17.6 Å². The summed E-state index contributed by atoms with van der Waals surface area (Å²) in [6.45, 7) is 0.487. The first-order valence-corrected chi connectivity index (χ1v) is 11.0. The molecule has 2 aromatic heterocycles. The van der Waals surface area contributed by atoms with E-state index in [1.807, 2.05) is 42.5 Å². The number of aromatic nitrogens is 2. The first-order valence-electron chi connectivity index (χ1n) is 11.0. The maximum atomic E-state index is 12.4. The number of urea groups is 1. The highest BCUT2D eigenvalue weighted by Gasteiger charge is 2.08. The minimum absolute atomic E-state index is 0.300. The van der Waals surface area contributed by atoms with E-state index in [0.717, 1.165) is 27.8 Å². The van der Waals surface area contributed by atoms with Gasteiger partial charge in [-0.25, -0.2) is 4.79 Å². The van der Waals surface area contributed by atoms with E-state index in [1.54, 1.807) is 49.1 Å². The molecule has 0 aliphatic carbocycles. The Labute approximate surface area is 203 Å². The summed E-state index contributed by atoms with van der Waals surface area (Å²) in [5.74, 6) is 5.82. The fourth-order valence-electron chi connectivity index (χ4n) is 3.41. The summed E-state index contributed by atoms with van der Waals surface area (Å²) in [5, 5.41) is 5.73. The van der Waals surface area contributed by atoms with Gasteiger partial charge in [-0.3, -0.25) is 14.8 Å². The van der Waals surface area contributed by atoms with E-state index in [1.165, 1.54) is 0 Å². The molecule has 0 unspecified atom stereocenters. The molecule has 0 fully saturated rings. The minimum atomic E-state index is -0.484. The van der Waals surface area contributed by atoms with Crippen molar-refractivity contribution in [1.29, 1.82) is 0 Å². The average Bonchev–Trinajstić information content (AvgIpc) is 2.89. The predicted octanol–water partition coefficient (Wildman–Crippen LogP) is 4.01. The number of carbonyl (C=O) groups is 2. The molecule has 4 aromatic rings. The third-order valence-electron chi connectivity index (χ3n) is 5.20. The molecular weight excluding hydrogens is 438 g/mol. The van der Waals surface area contributed by atoms with E-state index in [-0.39, 0.29) is 6.03 Å². The Kier molecular flexibility index (Phi) is 7.46. The minimum Gasteiger partial charge on any atom is -0.366 e. The fourth-order valence-corrected chi connectivity index (χ4v) is 3.41. The molecule has 35 heavy (non-hydrogen) atoms. The summed E-state index contributed by atoms with van der Waals surface area (Å²) >= 11 is 0. The summed E-state index contributed by atoms with van der Waals surface area (Å²) in [5.41, 5.74) is 10.8. The summed E-state index contributed by atoms with van der Waals surface area (Å²) < 4.78 is 0. The Balaban J connectivity index is 1.52. The third-order valence-corrected chi connectivity index (χ3v) is 5.20. The van der Waals surface area contributed by atoms with Crippen molar-refractivity contribution in [3.8, 4) is 23.0 Å². The Morgan fingerprint density at radius 1 is 0.886 bits per heavy atom. The standard InChI is InChI=1S/C28H23N5O2/c29-27(34)23-6-3-20(4-7-23)5-8-24-18-25(9-10-26(24)22-12-15-30-16-13-22)33-28(35)32-17-11-21-2-1-14-31-19-21/h1-4,6-7,9-10,12-16,18-19H,11,17H2,(H2,29,34)(H2,32,33,35). The van der Waals surface area contributed by atoms with Gasteiger partial charge in [0.25, 0.3) is 0 Å². The van der Waals surface area contributed by atoms with Crippen LogP contribution in [0, 0.1) is 11.8 Å². The Bertz CT molecular complexity index is 1380. The van der Waals surface area contributed by atoms with Crippen molar-refractivity contribution in [2.75, 3.05) is 11.9 Å². The lowest BCUT2D eigenvalue weighted by Gasteiger charge is -2.11. The van der Waals surface area contributed by atoms with Crippen LogP contribution in [0.2, 0.25) is 0 Å². The monoisotopic (exact) mass is 461 g/mol. The zero-order valence-electron chi connectivity index (χ0n) is 18.9. The van der Waals surface area contributed by atoms with Crippen LogP contribution in [0.5, 0.6) is 0 Å². The first-order chi connectivity index (χ1) is 17.1. The lowest BCUT2D eigenvalue weighted by atomic mass is 9.99. The van der Waals surface area contributed by atoms with E-state index in [9.17, 15) is 9.59 Å². The van der Waals surface area contributed by atoms with Crippen molar-refractivity contribution in [2.24, 2.45) is 5.73 Å². The van der Waals surface area contributed by atoms with Gasteiger partial charge in [0, 0.05) is 53.7 Å². The normalized spacial score (nSPS) is 10.1. The molecule has 0 radical (unpaired) electrons. The summed E-state index contributed by atoms with van der Waals surface area (Å²) in [6, 6.07) is 19.7. The van der Waals surface area contributed by atoms with Gasteiger partial charge in [0.2, 0.25) is 5.91 Å². The Morgan fingerprint density at radius 2 is 1.69 bits per heavy atom. The van der Waals surface area contributed by atoms with Crippen LogP contribution >= 0.6 is 0 Å². The highest BCUT2D eigenvalue weighted by atomic mass is 16.2. The van der Waals surface area contributed by atoms with E-state index >= 15 is 0 Å². The molecule has 7 nitrogen and oxygen atoms in total. The van der Waals surface area contributed by atoms with Crippen LogP contribution in [0.25, 0.3) is 11.1 Å². The highest BCUT2D eigenvalue weighted by molar-refractivity contribution is 5.93. The smallest absolute Gasteiger partial charge is 0.319 e. The second-order valence-electron chi connectivity index (χ2n) is 7.68. The number of nitrogens with one attached hydrogen (secondary N) is 2. The molecule has 0 saturated heterocycles. The van der Waals surface area contributed by atoms with Crippen LogP contribution in [0.1, 0.15) is 27.0 Å². The number of nitrogens with zero attached hydrogens (tertiary/aromatic N) is 2. The molecule has 0 saturated carbocycles. The molecule has 0 bridgehead atoms. The zero-order chi connectivity index (χ0) is 24.5. The number of primary amides is 1. The van der Waals surface area contributed by atoms with Crippen molar-refractivity contribution in [3.63, 3.8) is 0 Å². The van der Waals surface area contributed by atoms with E-state index in [0.29, 0.717) is 24.2 Å². The SMILES string of the molecule is NC(=O)c1ccc(C#Cc2cc(NC(=O)NCCc3cccnc3)ccc2-c2ccncc2)cc1. The molecule has 2 heterocycles. The second-order valence-corrected chi connectivity index (χ2v) is 7.68. The number of amides is 3. The maximum absolute atomic E-state index is 12.4. The lowest BCUT2D eigenvalue weighted by Crippen LogP contribution is -2.30. The van der Waals surface area contributed by atoms with Gasteiger partial charge in [-0.05, 0) is 77.7 Å². The average molecular weight is 462 g/mol. The number of nitrogens with two attached hydrogens (primary N) is 1. The molecular formula is C28H23N5O2. The molecule has 4 N–H and O–H groups in total. The van der Waals surface area contributed by atoms with Gasteiger partial charge in [-0.15, -0.1) is 0 Å². The van der Waals surface area contributed by atoms with E-state index < -0.39 is 5.91 Å². The van der Waals surface area contributed by atoms with Crippen molar-refractivity contribution in [3.05, 3.63) is 114 Å². The van der Waals surface area contributed by atoms with Gasteiger partial charge >= 0.3 is 6.03 Å². The van der Waals surface area contributed by atoms with Gasteiger partial charge in [-0.2, -0.15) is 0 Å². The van der Waals surface area contributed by atoms with Gasteiger partial charge in [-0.1, -0.05) is 24.0 Å². The van der Waals surface area contributed by atoms with Crippen LogP contribution in [0.3, 0.4) is 0 Å². The fraction of sp³-hybridized carbons (Fsp3) is 0.0714. The molecule has 0 aliphatic heterocycles. The second kappa shape index (κ2) is 11.3. The van der Waals surface area contributed by atoms with Crippen molar-refractivity contribution < 1.29 is 9.59 Å². The number of hydrogen-bond donors (Lipinski definition) is 3. The summed E-state index contributed by atoms with van der Waals surface area (Å²) in [6.07, 6.45) is 7.63. The molecule has 0 atom stereocenters. The number of hydrogen-bond acceptors (Lipinski definition) is 4. The molecule has 2 aromatic carbocycles. The number of carbonyl (C=O) groups excluding carboxylic acids is 2. The van der Waals surface area contributed by atoms with Gasteiger partial charge in [0.05, 0.1) is 0 Å². The summed E-state index contributed by atoms with van der Waals surface area (Å²) in [4.78, 5) is 31.9. The zero-order valence-corrected chi connectivity index (χ0v) is 18.9. The largest absolute Gasteiger partial charge is 0.366 e. The molecule has 0 aliphatic rings. The maximum Gasteiger partial charge on any atom is 0.319 e. The molecule has 172 valence electrons. The predicted molar refractivity (Wildman–Crippen MR) is 136 cm³/mol. The van der Waals surface area contributed by atoms with Crippen LogP contribution in [0.15, 0.2) is 91.5 Å². The van der Waals surface area contributed by atoms with Crippen molar-refractivity contribution in [1.82, 2.24) is 15.3 Å². The lowest BCUT2D eigenvalue weighted by molar-refractivity contribution is 0.1000. The van der Waals surface area contributed by atoms with E-state index in [2.05, 4.69) is 32.4 Å². The molecule has 4 rings (SSSR count). The summed E-state index contributed by atoms with van der Waals surface area (Å²) in [7, 11) is 0. The topological polar surface area (TPSA) is 110 Å².